The highest BCUT2D eigenvalue weighted by molar-refractivity contribution is 7.07. The van der Waals surface area contributed by atoms with Gasteiger partial charge in [0.2, 0.25) is 5.91 Å². The number of carbonyl (C=O) groups excluding carboxylic acids is 1. The van der Waals surface area contributed by atoms with Crippen LogP contribution >= 0.6 is 11.3 Å². The number of nitrogens with zero attached hydrogens (tertiary/aromatic N) is 1. The molecule has 1 heterocycles. The summed E-state index contributed by atoms with van der Waals surface area (Å²) < 4.78 is 1.53. The highest BCUT2D eigenvalue weighted by atomic mass is 32.1. The summed E-state index contributed by atoms with van der Waals surface area (Å²) in [6.07, 6.45) is 2.30. The zero-order valence-electron chi connectivity index (χ0n) is 12.8. The normalized spacial score (nSPS) is 15.5. The maximum atomic E-state index is 12.3. The van der Waals surface area contributed by atoms with E-state index in [1.165, 1.54) is 10.1 Å². The van der Waals surface area contributed by atoms with Crippen molar-refractivity contribution in [1.29, 1.82) is 0 Å². The molecule has 1 unspecified atom stereocenters. The molecule has 1 aliphatic rings. The van der Waals surface area contributed by atoms with Gasteiger partial charge in [0.05, 0.1) is 6.04 Å². The van der Waals surface area contributed by atoms with Gasteiger partial charge in [0.15, 0.2) is 0 Å². The van der Waals surface area contributed by atoms with E-state index in [-0.39, 0.29) is 23.4 Å². The van der Waals surface area contributed by atoms with Gasteiger partial charge >= 0.3 is 4.87 Å². The molecule has 4 nitrogen and oxygen atoms in total. The highest BCUT2D eigenvalue weighted by Crippen LogP contribution is 2.41. The standard InChI is InChI=1S/C17H20N2O2S/c1-11-3-5-13(6-4-11)16(14-7-8-14)18-15(20)9-19-12(2)10-22-17(19)21/h3-6,10,14,16H,7-9H2,1-2H3,(H,18,20). The maximum absolute atomic E-state index is 12.3. The predicted molar refractivity (Wildman–Crippen MR) is 88.1 cm³/mol. The fourth-order valence-corrected chi connectivity index (χ4v) is 3.37. The van der Waals surface area contributed by atoms with Crippen molar-refractivity contribution >= 4 is 17.2 Å². The van der Waals surface area contributed by atoms with E-state index < -0.39 is 0 Å². The van der Waals surface area contributed by atoms with Crippen molar-refractivity contribution in [2.75, 3.05) is 0 Å². The quantitative estimate of drug-likeness (QED) is 0.922. The lowest BCUT2D eigenvalue weighted by molar-refractivity contribution is -0.122. The number of carbonyl (C=O) groups is 1. The number of aryl methyl sites for hydroxylation is 2. The summed E-state index contributed by atoms with van der Waals surface area (Å²) in [5.74, 6) is 0.424. The van der Waals surface area contributed by atoms with Crippen LogP contribution in [0.5, 0.6) is 0 Å². The summed E-state index contributed by atoms with van der Waals surface area (Å²) in [7, 11) is 0. The third kappa shape index (κ3) is 3.30. The van der Waals surface area contributed by atoms with E-state index in [9.17, 15) is 9.59 Å². The van der Waals surface area contributed by atoms with Crippen LogP contribution in [0.15, 0.2) is 34.4 Å². The minimum atomic E-state index is -0.0962. The summed E-state index contributed by atoms with van der Waals surface area (Å²) in [5, 5.41) is 4.90. The fourth-order valence-electron chi connectivity index (χ4n) is 2.64. The Kier molecular flexibility index (Phi) is 4.16. The van der Waals surface area contributed by atoms with Crippen molar-refractivity contribution in [2.24, 2.45) is 5.92 Å². The van der Waals surface area contributed by atoms with E-state index >= 15 is 0 Å². The minimum Gasteiger partial charge on any atom is -0.347 e. The molecule has 1 aromatic carbocycles. The van der Waals surface area contributed by atoms with Crippen LogP contribution in [-0.4, -0.2) is 10.5 Å². The largest absolute Gasteiger partial charge is 0.347 e. The van der Waals surface area contributed by atoms with Gasteiger partial charge in [0.1, 0.15) is 6.54 Å². The van der Waals surface area contributed by atoms with Crippen LogP contribution in [0, 0.1) is 19.8 Å². The summed E-state index contributed by atoms with van der Waals surface area (Å²) in [5.41, 5.74) is 3.20. The number of nitrogens with one attached hydrogen (secondary N) is 1. The van der Waals surface area contributed by atoms with Crippen molar-refractivity contribution < 1.29 is 4.79 Å². The van der Waals surface area contributed by atoms with Crippen molar-refractivity contribution in [3.63, 3.8) is 0 Å². The van der Waals surface area contributed by atoms with Crippen LogP contribution in [0.1, 0.15) is 35.7 Å². The van der Waals surface area contributed by atoms with E-state index in [1.807, 2.05) is 6.92 Å². The summed E-state index contributed by atoms with van der Waals surface area (Å²) in [6.45, 7) is 4.01. The van der Waals surface area contributed by atoms with Crippen LogP contribution in [0.25, 0.3) is 0 Å². The lowest BCUT2D eigenvalue weighted by Gasteiger charge is -2.19. The Hall–Kier alpha value is -1.88. The molecular weight excluding hydrogens is 296 g/mol. The molecule has 1 aliphatic carbocycles. The molecule has 1 atom stereocenters. The summed E-state index contributed by atoms with van der Waals surface area (Å²) in [6, 6.07) is 8.37. The second-order valence-electron chi connectivity index (χ2n) is 6.02. The van der Waals surface area contributed by atoms with Gasteiger partial charge in [-0.2, -0.15) is 0 Å². The van der Waals surface area contributed by atoms with Crippen LogP contribution in [0.4, 0.5) is 0 Å². The molecular formula is C17H20N2O2S. The first kappa shape index (κ1) is 15.0. The highest BCUT2D eigenvalue weighted by Gasteiger charge is 2.33. The third-order valence-electron chi connectivity index (χ3n) is 4.12. The molecule has 1 saturated carbocycles. The van der Waals surface area contributed by atoms with E-state index in [4.69, 9.17) is 0 Å². The molecule has 0 radical (unpaired) electrons. The number of aromatic nitrogens is 1. The Balaban J connectivity index is 1.73. The molecule has 1 N–H and O–H groups in total. The number of hydrogen-bond donors (Lipinski definition) is 1. The van der Waals surface area contributed by atoms with Crippen LogP contribution in [0.3, 0.4) is 0 Å². The molecule has 1 fully saturated rings. The third-order valence-corrected chi connectivity index (χ3v) is 5.01. The first-order valence-corrected chi connectivity index (χ1v) is 8.43. The average molecular weight is 316 g/mol. The first-order chi connectivity index (χ1) is 10.5. The van der Waals surface area contributed by atoms with Gasteiger partial charge in [-0.05, 0) is 38.2 Å². The number of rotatable bonds is 5. The minimum absolute atomic E-state index is 0.0581. The van der Waals surface area contributed by atoms with Crippen molar-refractivity contribution in [2.45, 2.75) is 39.3 Å². The molecule has 116 valence electrons. The molecule has 0 aliphatic heterocycles. The molecule has 3 rings (SSSR count). The van der Waals surface area contributed by atoms with Crippen molar-refractivity contribution in [1.82, 2.24) is 9.88 Å². The van der Waals surface area contributed by atoms with Crippen molar-refractivity contribution in [3.05, 3.63) is 56.1 Å². The summed E-state index contributed by atoms with van der Waals surface area (Å²) >= 11 is 1.14. The summed E-state index contributed by atoms with van der Waals surface area (Å²) in [4.78, 5) is 24.0. The molecule has 1 amide bonds. The molecule has 0 bridgehead atoms. The predicted octanol–water partition coefficient (Wildman–Crippen LogP) is 2.79. The van der Waals surface area contributed by atoms with Gasteiger partial charge in [-0.1, -0.05) is 41.2 Å². The topological polar surface area (TPSA) is 51.1 Å². The van der Waals surface area contributed by atoms with Crippen LogP contribution < -0.4 is 10.2 Å². The lowest BCUT2D eigenvalue weighted by atomic mass is 10.0. The average Bonchev–Trinajstić information content (AvgIpc) is 3.28. The van der Waals surface area contributed by atoms with Gasteiger partial charge in [-0.3, -0.25) is 14.2 Å². The molecule has 0 saturated heterocycles. The van der Waals surface area contributed by atoms with Gasteiger partial charge in [0.25, 0.3) is 0 Å². The Morgan fingerprint density at radius 1 is 1.32 bits per heavy atom. The SMILES string of the molecule is Cc1ccc(C(NC(=O)Cn2c(C)csc2=O)C2CC2)cc1. The van der Waals surface area contributed by atoms with Gasteiger partial charge in [0, 0.05) is 11.1 Å². The molecule has 22 heavy (non-hydrogen) atoms. The van der Waals surface area contributed by atoms with Gasteiger partial charge in [-0.15, -0.1) is 0 Å². The molecule has 1 aromatic heterocycles. The monoisotopic (exact) mass is 316 g/mol. The van der Waals surface area contributed by atoms with E-state index in [0.29, 0.717) is 5.92 Å². The Morgan fingerprint density at radius 3 is 2.55 bits per heavy atom. The Labute approximate surface area is 133 Å². The van der Waals surface area contributed by atoms with E-state index in [2.05, 4.69) is 36.5 Å². The van der Waals surface area contributed by atoms with Gasteiger partial charge in [-0.25, -0.2) is 0 Å². The smallest absolute Gasteiger partial charge is 0.307 e. The second kappa shape index (κ2) is 6.08. The van der Waals surface area contributed by atoms with Crippen molar-refractivity contribution in [3.8, 4) is 0 Å². The number of amides is 1. The molecule has 5 heteroatoms. The van der Waals surface area contributed by atoms with Crippen LogP contribution in [0.2, 0.25) is 0 Å². The Morgan fingerprint density at radius 2 is 2.00 bits per heavy atom. The second-order valence-corrected chi connectivity index (χ2v) is 6.84. The van der Waals surface area contributed by atoms with E-state index in [0.717, 1.165) is 35.4 Å². The maximum Gasteiger partial charge on any atom is 0.307 e. The first-order valence-electron chi connectivity index (χ1n) is 7.55. The molecule has 0 spiro atoms. The van der Waals surface area contributed by atoms with Crippen LogP contribution in [-0.2, 0) is 11.3 Å². The van der Waals surface area contributed by atoms with Gasteiger partial charge < -0.3 is 5.32 Å². The number of thiazole rings is 1. The Bertz CT molecular complexity index is 726. The van der Waals surface area contributed by atoms with E-state index in [1.54, 1.807) is 5.38 Å². The zero-order chi connectivity index (χ0) is 15.7. The number of benzene rings is 1. The number of hydrogen-bond acceptors (Lipinski definition) is 3. The zero-order valence-corrected chi connectivity index (χ0v) is 13.7. The molecule has 2 aromatic rings. The lowest BCUT2D eigenvalue weighted by Crippen LogP contribution is -2.34. The fraction of sp³-hybridized carbons (Fsp3) is 0.412.